The van der Waals surface area contributed by atoms with Crippen LogP contribution in [0.15, 0.2) is 36.4 Å². The summed E-state index contributed by atoms with van der Waals surface area (Å²) in [4.78, 5) is 3.38. The first-order valence-corrected chi connectivity index (χ1v) is 8.67. The third-order valence-corrected chi connectivity index (χ3v) is 5.09. The Morgan fingerprint density at radius 2 is 1.72 bits per heavy atom. The summed E-state index contributed by atoms with van der Waals surface area (Å²) in [7, 11) is 0. The average Bonchev–Trinajstić information content (AvgIpc) is 2.95. The average molecular weight is 413 g/mol. The second-order valence-electron chi connectivity index (χ2n) is 5.45. The second-order valence-corrected chi connectivity index (χ2v) is 7.19. The van der Waals surface area contributed by atoms with Gasteiger partial charge in [0, 0.05) is 31.1 Å². The summed E-state index contributed by atoms with van der Waals surface area (Å²) >= 11 is 7.56. The summed E-state index contributed by atoms with van der Waals surface area (Å²) < 4.78 is 41.6. The zero-order chi connectivity index (χ0) is 17.2. The summed E-state index contributed by atoms with van der Waals surface area (Å²) in [5.74, 6) is -0.213. The Labute approximate surface area is 159 Å². The lowest BCUT2D eigenvalue weighted by atomic mass is 10.0. The number of benzene rings is 1. The summed E-state index contributed by atoms with van der Waals surface area (Å²) in [6, 6.07) is 9.87. The summed E-state index contributed by atoms with van der Waals surface area (Å²) in [6.07, 6.45) is -4.68. The van der Waals surface area contributed by atoms with Crippen LogP contribution in [0.25, 0.3) is 0 Å². The number of piperazine rings is 1. The van der Waals surface area contributed by atoms with Crippen LogP contribution in [-0.4, -0.2) is 37.4 Å². The van der Waals surface area contributed by atoms with E-state index in [9.17, 15) is 13.2 Å². The number of hydrogen-bond acceptors (Lipinski definition) is 4. The standard InChI is InChI=1S/C16H16ClF3N2OS.ClH/c17-14-6-5-13(24-14)15(22-9-7-21-8-10-22)11-1-3-12(4-2-11)23-16(18,19)20;/h1-6,15,21H,7-10H2;1H/t15-;/m0./s1. The van der Waals surface area contributed by atoms with Gasteiger partial charge in [-0.05, 0) is 29.8 Å². The van der Waals surface area contributed by atoms with E-state index in [0.717, 1.165) is 36.6 Å². The molecule has 1 N–H and O–H groups in total. The molecule has 3 rings (SSSR count). The van der Waals surface area contributed by atoms with Gasteiger partial charge in [0.25, 0.3) is 0 Å². The van der Waals surface area contributed by atoms with Crippen molar-refractivity contribution in [2.45, 2.75) is 12.4 Å². The largest absolute Gasteiger partial charge is 0.573 e. The van der Waals surface area contributed by atoms with Crippen molar-refractivity contribution in [3.63, 3.8) is 0 Å². The van der Waals surface area contributed by atoms with Crippen molar-refractivity contribution in [2.75, 3.05) is 26.2 Å². The molecular weight excluding hydrogens is 396 g/mol. The lowest BCUT2D eigenvalue weighted by Crippen LogP contribution is -2.45. The molecule has 3 nitrogen and oxygen atoms in total. The van der Waals surface area contributed by atoms with E-state index < -0.39 is 6.36 Å². The maximum Gasteiger partial charge on any atom is 0.573 e. The van der Waals surface area contributed by atoms with Crippen LogP contribution in [0, 0.1) is 0 Å². The molecule has 0 radical (unpaired) electrons. The van der Waals surface area contributed by atoms with Crippen molar-refractivity contribution in [3.8, 4) is 5.75 Å². The fourth-order valence-electron chi connectivity index (χ4n) is 2.82. The van der Waals surface area contributed by atoms with Crippen LogP contribution in [-0.2, 0) is 0 Å². The molecule has 1 atom stereocenters. The summed E-state index contributed by atoms with van der Waals surface area (Å²) in [6.45, 7) is 3.48. The normalized spacial score (nSPS) is 17.0. The molecule has 1 saturated heterocycles. The molecule has 25 heavy (non-hydrogen) atoms. The fraction of sp³-hybridized carbons (Fsp3) is 0.375. The maximum absolute atomic E-state index is 12.3. The van der Waals surface area contributed by atoms with Gasteiger partial charge >= 0.3 is 6.36 Å². The molecule has 9 heteroatoms. The maximum atomic E-state index is 12.3. The van der Waals surface area contributed by atoms with Crippen LogP contribution in [0.2, 0.25) is 4.34 Å². The number of ether oxygens (including phenoxy) is 1. The molecule has 0 saturated carbocycles. The van der Waals surface area contributed by atoms with Crippen LogP contribution < -0.4 is 10.1 Å². The van der Waals surface area contributed by atoms with Crippen molar-refractivity contribution in [3.05, 3.63) is 51.2 Å². The van der Waals surface area contributed by atoms with E-state index in [1.165, 1.54) is 23.5 Å². The van der Waals surface area contributed by atoms with E-state index in [1.54, 1.807) is 12.1 Å². The van der Waals surface area contributed by atoms with Gasteiger partial charge in [-0.25, -0.2) is 0 Å². The van der Waals surface area contributed by atoms with E-state index in [4.69, 9.17) is 11.6 Å². The molecule has 0 spiro atoms. The van der Waals surface area contributed by atoms with Crippen molar-refractivity contribution in [1.29, 1.82) is 0 Å². The lowest BCUT2D eigenvalue weighted by molar-refractivity contribution is -0.274. The van der Waals surface area contributed by atoms with Gasteiger partial charge in [0.2, 0.25) is 0 Å². The number of thiophene rings is 1. The van der Waals surface area contributed by atoms with Gasteiger partial charge in [0.05, 0.1) is 10.4 Å². The number of rotatable bonds is 4. The molecule has 0 amide bonds. The van der Waals surface area contributed by atoms with Crippen LogP contribution in [0.5, 0.6) is 5.75 Å². The highest BCUT2D eigenvalue weighted by atomic mass is 35.5. The zero-order valence-electron chi connectivity index (χ0n) is 13.1. The molecule has 0 unspecified atom stereocenters. The number of nitrogens with zero attached hydrogens (tertiary/aromatic N) is 1. The van der Waals surface area contributed by atoms with Crippen LogP contribution in [0.4, 0.5) is 13.2 Å². The Morgan fingerprint density at radius 1 is 1.08 bits per heavy atom. The third kappa shape index (κ3) is 5.49. The summed E-state index contributed by atoms with van der Waals surface area (Å²) in [5.41, 5.74) is 0.921. The topological polar surface area (TPSA) is 24.5 Å². The zero-order valence-corrected chi connectivity index (χ0v) is 15.4. The van der Waals surface area contributed by atoms with E-state index in [1.807, 2.05) is 12.1 Å². The van der Waals surface area contributed by atoms with Crippen LogP contribution >= 0.6 is 35.3 Å². The molecule has 1 fully saturated rings. The minimum absolute atomic E-state index is 0. The highest BCUT2D eigenvalue weighted by molar-refractivity contribution is 7.16. The molecule has 0 bridgehead atoms. The van der Waals surface area contributed by atoms with Crippen molar-refractivity contribution < 1.29 is 17.9 Å². The van der Waals surface area contributed by atoms with Crippen molar-refractivity contribution >= 4 is 35.3 Å². The van der Waals surface area contributed by atoms with E-state index >= 15 is 0 Å². The quantitative estimate of drug-likeness (QED) is 0.786. The Balaban J connectivity index is 0.00000225. The first-order valence-electron chi connectivity index (χ1n) is 7.48. The first kappa shape index (κ1) is 20.3. The molecule has 1 aromatic heterocycles. The van der Waals surface area contributed by atoms with Crippen LogP contribution in [0.1, 0.15) is 16.5 Å². The first-order chi connectivity index (χ1) is 11.4. The highest BCUT2D eigenvalue weighted by Crippen LogP contribution is 2.36. The molecule has 2 heterocycles. The Kier molecular flexibility index (Phi) is 6.99. The number of nitrogens with one attached hydrogen (secondary N) is 1. The smallest absolute Gasteiger partial charge is 0.406 e. The molecular formula is C16H17Cl2F3N2OS. The Hall–Kier alpha value is -0.990. The fourth-order valence-corrected chi connectivity index (χ4v) is 4.05. The van der Waals surface area contributed by atoms with Crippen molar-refractivity contribution in [1.82, 2.24) is 10.2 Å². The Bertz CT molecular complexity index is 673. The number of alkyl halides is 3. The van der Waals surface area contributed by atoms with Gasteiger partial charge < -0.3 is 10.1 Å². The molecule has 1 aromatic carbocycles. The van der Waals surface area contributed by atoms with Gasteiger partial charge in [-0.15, -0.1) is 36.9 Å². The molecule has 138 valence electrons. The minimum Gasteiger partial charge on any atom is -0.406 e. The second kappa shape index (κ2) is 8.60. The van der Waals surface area contributed by atoms with Gasteiger partial charge in [0.1, 0.15) is 5.75 Å². The number of hydrogen-bond donors (Lipinski definition) is 1. The molecule has 1 aliphatic heterocycles. The third-order valence-electron chi connectivity index (χ3n) is 3.81. The van der Waals surface area contributed by atoms with E-state index in [2.05, 4.69) is 15.0 Å². The van der Waals surface area contributed by atoms with Gasteiger partial charge in [-0.1, -0.05) is 23.7 Å². The van der Waals surface area contributed by atoms with Crippen LogP contribution in [0.3, 0.4) is 0 Å². The minimum atomic E-state index is -4.68. The molecule has 2 aromatic rings. The van der Waals surface area contributed by atoms with Gasteiger partial charge in [-0.3, -0.25) is 4.90 Å². The predicted molar refractivity (Wildman–Crippen MR) is 96.0 cm³/mol. The van der Waals surface area contributed by atoms with Crippen molar-refractivity contribution in [2.24, 2.45) is 0 Å². The van der Waals surface area contributed by atoms with E-state index in [-0.39, 0.29) is 24.2 Å². The number of halogens is 5. The Morgan fingerprint density at radius 3 is 2.24 bits per heavy atom. The molecule has 0 aliphatic carbocycles. The lowest BCUT2D eigenvalue weighted by Gasteiger charge is -2.34. The predicted octanol–water partition coefficient (Wildman–Crippen LogP) is 4.72. The highest BCUT2D eigenvalue weighted by Gasteiger charge is 2.31. The SMILES string of the molecule is Cl.FC(F)(F)Oc1ccc([C@@H](c2ccc(Cl)s2)N2CCNCC2)cc1. The van der Waals surface area contributed by atoms with E-state index in [0.29, 0.717) is 4.34 Å². The molecule has 1 aliphatic rings. The van der Waals surface area contributed by atoms with Gasteiger partial charge in [-0.2, -0.15) is 0 Å². The summed E-state index contributed by atoms with van der Waals surface area (Å²) in [5, 5.41) is 3.30. The monoisotopic (exact) mass is 412 g/mol. The van der Waals surface area contributed by atoms with Gasteiger partial charge in [0.15, 0.2) is 0 Å².